The Balaban J connectivity index is 1.81. The predicted octanol–water partition coefficient (Wildman–Crippen LogP) is 3.07. The van der Waals surface area contributed by atoms with Gasteiger partial charge in [0.05, 0.1) is 10.7 Å². The molecule has 1 N–H and O–H groups in total. The van der Waals surface area contributed by atoms with Crippen LogP contribution in [0.1, 0.15) is 39.9 Å². The molecule has 0 spiro atoms. The molecule has 0 unspecified atom stereocenters. The fourth-order valence-electron chi connectivity index (χ4n) is 1.93. The summed E-state index contributed by atoms with van der Waals surface area (Å²) in [6.45, 7) is 0. The first-order valence-electron chi connectivity index (χ1n) is 6.22. The summed E-state index contributed by atoms with van der Waals surface area (Å²) in [6.07, 6.45) is -2.67. The van der Waals surface area contributed by atoms with Crippen molar-refractivity contribution in [2.24, 2.45) is 7.05 Å². The van der Waals surface area contributed by atoms with Gasteiger partial charge in [0.25, 0.3) is 5.91 Å². The maximum atomic E-state index is 12.4. The van der Waals surface area contributed by atoms with Crippen molar-refractivity contribution in [2.45, 2.75) is 24.9 Å². The number of halogens is 4. The van der Waals surface area contributed by atoms with E-state index in [1.54, 1.807) is 7.05 Å². The van der Waals surface area contributed by atoms with E-state index in [1.807, 2.05) is 0 Å². The number of hydrogen-bond acceptors (Lipinski definition) is 5. The molecular weight excluding hydrogens is 343 g/mol. The second kappa shape index (κ2) is 5.20. The van der Waals surface area contributed by atoms with Gasteiger partial charge in [-0.2, -0.15) is 18.3 Å². The molecule has 0 radical (unpaired) electrons. The molecule has 0 bridgehead atoms. The fourth-order valence-corrected chi connectivity index (χ4v) is 2.93. The average molecular weight is 352 g/mol. The standard InChI is InChI=1S/C11H9ClF3N5OS/c1-20-7(5(12)6(19-20)4-2-3-4)8(21)16-10-18-17-9(22-10)11(13,14)15/h4H,2-3H2,1H3,(H,16,18,21). The number of alkyl halides is 3. The number of rotatable bonds is 3. The third-order valence-electron chi connectivity index (χ3n) is 3.08. The van der Waals surface area contributed by atoms with Crippen molar-refractivity contribution in [1.82, 2.24) is 20.0 Å². The van der Waals surface area contributed by atoms with E-state index in [9.17, 15) is 18.0 Å². The van der Waals surface area contributed by atoms with E-state index in [0.717, 1.165) is 12.8 Å². The van der Waals surface area contributed by atoms with Gasteiger partial charge in [-0.15, -0.1) is 10.2 Å². The Bertz CT molecular complexity index is 737. The zero-order chi connectivity index (χ0) is 16.1. The Morgan fingerprint density at radius 1 is 1.41 bits per heavy atom. The first kappa shape index (κ1) is 15.2. The number of anilines is 1. The Morgan fingerprint density at radius 2 is 2.09 bits per heavy atom. The molecule has 0 atom stereocenters. The maximum Gasteiger partial charge on any atom is 0.445 e. The zero-order valence-electron chi connectivity index (χ0n) is 11.1. The summed E-state index contributed by atoms with van der Waals surface area (Å²) in [4.78, 5) is 12.2. The van der Waals surface area contributed by atoms with Crippen LogP contribution in [0.15, 0.2) is 0 Å². The quantitative estimate of drug-likeness (QED) is 0.922. The molecule has 0 aliphatic heterocycles. The van der Waals surface area contributed by atoms with Crippen LogP contribution in [0.5, 0.6) is 0 Å². The van der Waals surface area contributed by atoms with Gasteiger partial charge < -0.3 is 0 Å². The highest BCUT2D eigenvalue weighted by Crippen LogP contribution is 2.43. The van der Waals surface area contributed by atoms with Gasteiger partial charge in [-0.05, 0) is 12.8 Å². The summed E-state index contributed by atoms with van der Waals surface area (Å²) in [5.74, 6) is -0.421. The molecule has 1 aliphatic rings. The maximum absolute atomic E-state index is 12.4. The molecule has 1 fully saturated rings. The van der Waals surface area contributed by atoms with Crippen LogP contribution in [0.2, 0.25) is 5.02 Å². The number of nitrogens with one attached hydrogen (secondary N) is 1. The predicted molar refractivity (Wildman–Crippen MR) is 73.1 cm³/mol. The van der Waals surface area contributed by atoms with Gasteiger partial charge in [-0.1, -0.05) is 22.9 Å². The molecule has 2 aromatic rings. The molecule has 2 heterocycles. The molecule has 11 heteroatoms. The number of aromatic nitrogens is 4. The van der Waals surface area contributed by atoms with Crippen LogP contribution in [0.25, 0.3) is 0 Å². The van der Waals surface area contributed by atoms with E-state index in [2.05, 4.69) is 20.6 Å². The Labute approximate surface area is 131 Å². The first-order chi connectivity index (χ1) is 10.3. The van der Waals surface area contributed by atoms with Gasteiger partial charge in [0, 0.05) is 13.0 Å². The number of amides is 1. The van der Waals surface area contributed by atoms with Crippen molar-refractivity contribution >= 4 is 34.0 Å². The van der Waals surface area contributed by atoms with Crippen LogP contribution in [0.3, 0.4) is 0 Å². The highest BCUT2D eigenvalue weighted by Gasteiger charge is 2.36. The summed E-state index contributed by atoms with van der Waals surface area (Å²) in [5.41, 5.74) is 0.731. The van der Waals surface area contributed by atoms with Gasteiger partial charge in [0.2, 0.25) is 10.1 Å². The van der Waals surface area contributed by atoms with E-state index in [-0.39, 0.29) is 33.1 Å². The van der Waals surface area contributed by atoms with Gasteiger partial charge >= 0.3 is 6.18 Å². The number of aryl methyl sites for hydroxylation is 1. The molecule has 1 saturated carbocycles. The summed E-state index contributed by atoms with van der Waals surface area (Å²) in [7, 11) is 1.55. The topological polar surface area (TPSA) is 72.7 Å². The van der Waals surface area contributed by atoms with Crippen molar-refractivity contribution in [2.75, 3.05) is 5.32 Å². The molecule has 6 nitrogen and oxygen atoms in total. The van der Waals surface area contributed by atoms with E-state index in [4.69, 9.17) is 11.6 Å². The van der Waals surface area contributed by atoms with Crippen LogP contribution in [0, 0.1) is 0 Å². The third kappa shape index (κ3) is 2.80. The smallest absolute Gasteiger partial charge is 0.295 e. The van der Waals surface area contributed by atoms with Gasteiger partial charge in [0.15, 0.2) is 0 Å². The second-order valence-electron chi connectivity index (χ2n) is 4.81. The summed E-state index contributed by atoms with van der Waals surface area (Å²) in [5, 5.41) is 11.6. The normalized spacial score (nSPS) is 15.1. The van der Waals surface area contributed by atoms with Gasteiger partial charge in [0.1, 0.15) is 5.69 Å². The molecule has 0 aromatic carbocycles. The molecule has 3 rings (SSSR count). The fraction of sp³-hybridized carbons (Fsp3) is 0.455. The van der Waals surface area contributed by atoms with Crippen LogP contribution < -0.4 is 5.32 Å². The average Bonchev–Trinajstić information content (AvgIpc) is 3.05. The van der Waals surface area contributed by atoms with E-state index in [0.29, 0.717) is 5.69 Å². The highest BCUT2D eigenvalue weighted by atomic mass is 35.5. The zero-order valence-corrected chi connectivity index (χ0v) is 12.7. The molecular formula is C11H9ClF3N5OS. The van der Waals surface area contributed by atoms with Crippen molar-refractivity contribution in [3.05, 3.63) is 21.4 Å². The second-order valence-corrected chi connectivity index (χ2v) is 6.17. The molecule has 118 valence electrons. The van der Waals surface area contributed by atoms with Crippen molar-refractivity contribution in [3.63, 3.8) is 0 Å². The lowest BCUT2D eigenvalue weighted by atomic mass is 10.2. The highest BCUT2D eigenvalue weighted by molar-refractivity contribution is 7.15. The Kier molecular flexibility index (Phi) is 3.60. The first-order valence-corrected chi connectivity index (χ1v) is 7.41. The number of carbonyl (C=O) groups excluding carboxylic acids is 1. The van der Waals surface area contributed by atoms with Crippen molar-refractivity contribution in [1.29, 1.82) is 0 Å². The van der Waals surface area contributed by atoms with Crippen molar-refractivity contribution < 1.29 is 18.0 Å². The molecule has 1 aliphatic carbocycles. The third-order valence-corrected chi connectivity index (χ3v) is 4.34. The number of hydrogen-bond donors (Lipinski definition) is 1. The number of nitrogens with zero attached hydrogens (tertiary/aromatic N) is 4. The van der Waals surface area contributed by atoms with Crippen LogP contribution >= 0.6 is 22.9 Å². The molecule has 22 heavy (non-hydrogen) atoms. The Morgan fingerprint density at radius 3 is 2.64 bits per heavy atom. The van der Waals surface area contributed by atoms with Crippen molar-refractivity contribution in [3.8, 4) is 0 Å². The van der Waals surface area contributed by atoms with Crippen LogP contribution in [-0.2, 0) is 13.2 Å². The van der Waals surface area contributed by atoms with Crippen LogP contribution in [0.4, 0.5) is 18.3 Å². The lowest BCUT2D eigenvalue weighted by Gasteiger charge is -2.02. The van der Waals surface area contributed by atoms with E-state index in [1.165, 1.54) is 4.68 Å². The molecule has 2 aromatic heterocycles. The summed E-state index contributed by atoms with van der Waals surface area (Å²) >= 11 is 6.39. The molecule has 1 amide bonds. The largest absolute Gasteiger partial charge is 0.445 e. The van der Waals surface area contributed by atoms with Gasteiger partial charge in [-0.25, -0.2) is 0 Å². The SMILES string of the molecule is Cn1nc(C2CC2)c(Cl)c1C(=O)Nc1nnc(C(F)(F)F)s1. The monoisotopic (exact) mass is 351 g/mol. The lowest BCUT2D eigenvalue weighted by molar-refractivity contribution is -0.138. The summed E-state index contributed by atoms with van der Waals surface area (Å²) < 4.78 is 38.7. The number of carbonyl (C=O) groups is 1. The van der Waals surface area contributed by atoms with Crippen LogP contribution in [-0.4, -0.2) is 25.9 Å². The minimum atomic E-state index is -4.59. The summed E-state index contributed by atoms with van der Waals surface area (Å²) in [6, 6.07) is 0. The van der Waals surface area contributed by atoms with E-state index >= 15 is 0 Å². The van der Waals surface area contributed by atoms with E-state index < -0.39 is 17.1 Å². The Hall–Kier alpha value is -1.68. The minimum absolute atomic E-state index is 0.0901. The lowest BCUT2D eigenvalue weighted by Crippen LogP contribution is -2.16. The minimum Gasteiger partial charge on any atom is -0.295 e. The van der Waals surface area contributed by atoms with Gasteiger partial charge in [-0.3, -0.25) is 14.8 Å². The molecule has 0 saturated heterocycles.